The van der Waals surface area contributed by atoms with Gasteiger partial charge in [0.2, 0.25) is 17.7 Å². The summed E-state index contributed by atoms with van der Waals surface area (Å²) in [5.41, 5.74) is 0. The van der Waals surface area contributed by atoms with E-state index in [9.17, 15) is 14.4 Å². The second kappa shape index (κ2) is 9.20. The van der Waals surface area contributed by atoms with Gasteiger partial charge < -0.3 is 15.5 Å². The Hall–Kier alpha value is -1.59. The average molecular weight is 351 g/mol. The Bertz CT molecular complexity index is 488. The largest absolute Gasteiger partial charge is 0.357 e. The van der Waals surface area contributed by atoms with Crippen molar-refractivity contribution in [2.45, 2.75) is 77.3 Å². The van der Waals surface area contributed by atoms with E-state index < -0.39 is 12.1 Å². The third-order valence-corrected chi connectivity index (χ3v) is 5.83. The highest BCUT2D eigenvalue weighted by Gasteiger charge is 2.40. The van der Waals surface area contributed by atoms with Crippen molar-refractivity contribution in [3.63, 3.8) is 0 Å². The van der Waals surface area contributed by atoms with Crippen LogP contribution in [0.2, 0.25) is 0 Å². The lowest BCUT2D eigenvalue weighted by atomic mass is 9.83. The number of carbonyl (C=O) groups is 3. The quantitative estimate of drug-likeness (QED) is 0.766. The number of likely N-dealkylation sites (tertiary alicyclic amines) is 1. The van der Waals surface area contributed by atoms with Crippen molar-refractivity contribution in [2.75, 3.05) is 13.6 Å². The Morgan fingerprint density at radius 3 is 2.36 bits per heavy atom. The van der Waals surface area contributed by atoms with Gasteiger partial charge in [-0.2, -0.15) is 0 Å². The number of hydrogen-bond donors (Lipinski definition) is 2. The lowest BCUT2D eigenvalue weighted by Gasteiger charge is -2.35. The molecule has 1 aliphatic heterocycles. The first-order valence-corrected chi connectivity index (χ1v) is 9.82. The van der Waals surface area contributed by atoms with Gasteiger partial charge in [0.1, 0.15) is 12.1 Å². The molecule has 3 amide bonds. The first kappa shape index (κ1) is 19.7. The monoisotopic (exact) mass is 351 g/mol. The highest BCUT2D eigenvalue weighted by molar-refractivity contribution is 5.93. The summed E-state index contributed by atoms with van der Waals surface area (Å²) in [6.45, 7) is 4.46. The van der Waals surface area contributed by atoms with E-state index in [1.165, 1.54) is 6.42 Å². The Kier molecular flexibility index (Phi) is 7.26. The normalized spacial score (nSPS) is 23.8. The van der Waals surface area contributed by atoms with E-state index in [-0.39, 0.29) is 29.6 Å². The van der Waals surface area contributed by atoms with Gasteiger partial charge in [0.05, 0.1) is 0 Å². The summed E-state index contributed by atoms with van der Waals surface area (Å²) >= 11 is 0. The van der Waals surface area contributed by atoms with E-state index in [2.05, 4.69) is 10.6 Å². The molecule has 142 valence electrons. The van der Waals surface area contributed by atoms with Gasteiger partial charge in [0.25, 0.3) is 0 Å². The van der Waals surface area contributed by atoms with Crippen molar-refractivity contribution in [1.29, 1.82) is 0 Å². The number of amides is 3. The van der Waals surface area contributed by atoms with E-state index in [4.69, 9.17) is 0 Å². The van der Waals surface area contributed by atoms with Crippen LogP contribution in [-0.4, -0.2) is 48.3 Å². The van der Waals surface area contributed by atoms with Crippen molar-refractivity contribution in [3.05, 3.63) is 0 Å². The summed E-state index contributed by atoms with van der Waals surface area (Å²) in [5.74, 6) is -0.161. The number of rotatable bonds is 6. The molecule has 1 saturated heterocycles. The van der Waals surface area contributed by atoms with E-state index >= 15 is 0 Å². The summed E-state index contributed by atoms with van der Waals surface area (Å²) in [5, 5.41) is 5.69. The Morgan fingerprint density at radius 1 is 1.08 bits per heavy atom. The predicted octanol–water partition coefficient (Wildman–Crippen LogP) is 1.83. The lowest BCUT2D eigenvalue weighted by Crippen LogP contribution is -2.56. The van der Waals surface area contributed by atoms with Crippen molar-refractivity contribution in [1.82, 2.24) is 15.5 Å². The van der Waals surface area contributed by atoms with Crippen molar-refractivity contribution in [3.8, 4) is 0 Å². The molecule has 2 N–H and O–H groups in total. The molecule has 1 heterocycles. The van der Waals surface area contributed by atoms with Crippen molar-refractivity contribution >= 4 is 17.7 Å². The van der Waals surface area contributed by atoms with Gasteiger partial charge in [-0.3, -0.25) is 14.4 Å². The minimum absolute atomic E-state index is 0.0536. The minimum Gasteiger partial charge on any atom is -0.357 e. The zero-order valence-corrected chi connectivity index (χ0v) is 15.8. The van der Waals surface area contributed by atoms with Gasteiger partial charge in [-0.05, 0) is 38.0 Å². The van der Waals surface area contributed by atoms with E-state index in [0.29, 0.717) is 13.0 Å². The molecule has 0 aromatic heterocycles. The number of nitrogens with one attached hydrogen (secondary N) is 2. The highest BCUT2D eigenvalue weighted by atomic mass is 16.2. The Balaban J connectivity index is 2.16. The van der Waals surface area contributed by atoms with E-state index in [0.717, 1.165) is 38.5 Å². The minimum atomic E-state index is -0.493. The molecular formula is C19H33N3O3. The second-order valence-electron chi connectivity index (χ2n) is 7.50. The van der Waals surface area contributed by atoms with Crippen LogP contribution in [0.3, 0.4) is 0 Å². The van der Waals surface area contributed by atoms with Crippen LogP contribution in [0.15, 0.2) is 0 Å². The molecule has 0 aromatic rings. The molecule has 2 rings (SSSR count). The molecule has 3 atom stereocenters. The molecule has 0 aromatic carbocycles. The molecule has 0 spiro atoms. The molecule has 0 unspecified atom stereocenters. The summed E-state index contributed by atoms with van der Waals surface area (Å²) in [6, 6.07) is -0.892. The topological polar surface area (TPSA) is 78.5 Å². The summed E-state index contributed by atoms with van der Waals surface area (Å²) in [7, 11) is 1.60. The van der Waals surface area contributed by atoms with Crippen LogP contribution in [0.1, 0.15) is 65.2 Å². The third kappa shape index (κ3) is 4.73. The summed E-state index contributed by atoms with van der Waals surface area (Å²) in [4.78, 5) is 39.5. The average Bonchev–Trinajstić information content (AvgIpc) is 3.14. The summed E-state index contributed by atoms with van der Waals surface area (Å²) in [6.07, 6.45) is 7.62. The Labute approximate surface area is 151 Å². The van der Waals surface area contributed by atoms with Gasteiger partial charge in [-0.15, -0.1) is 0 Å². The smallest absolute Gasteiger partial charge is 0.246 e. The van der Waals surface area contributed by atoms with Crippen LogP contribution in [0.4, 0.5) is 0 Å². The molecule has 1 saturated carbocycles. The fourth-order valence-corrected chi connectivity index (χ4v) is 3.98. The number of likely N-dealkylation sites (N-methyl/N-ethyl adjacent to an activating group) is 1. The molecule has 25 heavy (non-hydrogen) atoms. The second-order valence-corrected chi connectivity index (χ2v) is 7.50. The predicted molar refractivity (Wildman–Crippen MR) is 96.8 cm³/mol. The maximum absolute atomic E-state index is 13.3. The van der Waals surface area contributed by atoms with E-state index in [1.807, 2.05) is 13.8 Å². The standard InChI is InChI=1S/C19H33N3O3/c1-4-13(2)17(23)21-16(14-9-6-5-7-10-14)19(25)22-12-8-11-15(22)18(24)20-3/h13-16H,4-12H2,1-3H3,(H,20,24)(H,21,23)/t13-,15+,16+/m1/s1. The molecule has 6 heteroatoms. The van der Waals surface area contributed by atoms with Crippen LogP contribution >= 0.6 is 0 Å². The fourth-order valence-electron chi connectivity index (χ4n) is 3.98. The first-order valence-electron chi connectivity index (χ1n) is 9.82. The highest BCUT2D eigenvalue weighted by Crippen LogP contribution is 2.29. The Morgan fingerprint density at radius 2 is 1.76 bits per heavy atom. The molecule has 0 radical (unpaired) electrons. The number of nitrogens with zero attached hydrogens (tertiary/aromatic N) is 1. The SMILES string of the molecule is CC[C@@H](C)C(=O)N[C@H](C(=O)N1CCC[C@H]1C(=O)NC)C1CCCCC1. The van der Waals surface area contributed by atoms with Gasteiger partial charge in [-0.25, -0.2) is 0 Å². The summed E-state index contributed by atoms with van der Waals surface area (Å²) < 4.78 is 0. The van der Waals surface area contributed by atoms with Crippen molar-refractivity contribution in [2.24, 2.45) is 11.8 Å². The van der Waals surface area contributed by atoms with Gasteiger partial charge in [0, 0.05) is 19.5 Å². The van der Waals surface area contributed by atoms with Gasteiger partial charge in [-0.1, -0.05) is 33.1 Å². The van der Waals surface area contributed by atoms with Crippen LogP contribution in [0, 0.1) is 11.8 Å². The van der Waals surface area contributed by atoms with Crippen molar-refractivity contribution < 1.29 is 14.4 Å². The van der Waals surface area contributed by atoms with Gasteiger partial charge in [0.15, 0.2) is 0 Å². The van der Waals surface area contributed by atoms with Gasteiger partial charge >= 0.3 is 0 Å². The molecule has 2 fully saturated rings. The zero-order valence-electron chi connectivity index (χ0n) is 15.8. The van der Waals surface area contributed by atoms with E-state index in [1.54, 1.807) is 11.9 Å². The van der Waals surface area contributed by atoms with Crippen LogP contribution in [0.5, 0.6) is 0 Å². The van der Waals surface area contributed by atoms with Crippen LogP contribution < -0.4 is 10.6 Å². The lowest BCUT2D eigenvalue weighted by molar-refractivity contribution is -0.143. The van der Waals surface area contributed by atoms with Crippen LogP contribution in [-0.2, 0) is 14.4 Å². The maximum atomic E-state index is 13.3. The number of hydrogen-bond acceptors (Lipinski definition) is 3. The fraction of sp³-hybridized carbons (Fsp3) is 0.842. The third-order valence-electron chi connectivity index (χ3n) is 5.83. The molecular weight excluding hydrogens is 318 g/mol. The number of carbonyl (C=O) groups excluding carboxylic acids is 3. The molecule has 0 bridgehead atoms. The maximum Gasteiger partial charge on any atom is 0.246 e. The molecule has 2 aliphatic rings. The molecule has 6 nitrogen and oxygen atoms in total. The zero-order chi connectivity index (χ0) is 18.4. The first-order chi connectivity index (χ1) is 12.0. The molecule has 1 aliphatic carbocycles. The van der Waals surface area contributed by atoms with Crippen LogP contribution in [0.25, 0.3) is 0 Å².